The number of rotatable bonds is 0. The molecule has 0 saturated carbocycles. The fourth-order valence-corrected chi connectivity index (χ4v) is 0.513. The third kappa shape index (κ3) is 6.68. The Kier molecular flexibility index (Phi) is 6.05. The molecule has 5 nitrogen and oxygen atoms in total. The Hall–Kier alpha value is -1.71. The SMILES string of the molecule is N#Cc1ccccc1.NN=S(=O)=O. The van der Waals surface area contributed by atoms with E-state index in [1.54, 1.807) is 12.1 Å². The summed E-state index contributed by atoms with van der Waals surface area (Å²) >= 11 is 0. The van der Waals surface area contributed by atoms with Crippen LogP contribution in [0.25, 0.3) is 0 Å². The number of hydrogen-bond donors (Lipinski definition) is 1. The van der Waals surface area contributed by atoms with Crippen molar-refractivity contribution in [1.82, 2.24) is 0 Å². The van der Waals surface area contributed by atoms with Crippen LogP contribution in [0, 0.1) is 11.3 Å². The van der Waals surface area contributed by atoms with E-state index in [2.05, 4.69) is 10.3 Å². The second kappa shape index (κ2) is 6.97. The molecule has 13 heavy (non-hydrogen) atoms. The first-order chi connectivity index (χ1) is 6.20. The van der Waals surface area contributed by atoms with Crippen LogP contribution in [0.15, 0.2) is 34.8 Å². The molecule has 6 heteroatoms. The molecule has 1 aromatic carbocycles. The van der Waals surface area contributed by atoms with Crippen molar-refractivity contribution < 1.29 is 8.42 Å². The van der Waals surface area contributed by atoms with Crippen LogP contribution in [-0.2, 0) is 10.5 Å². The molecule has 0 atom stereocenters. The van der Waals surface area contributed by atoms with Crippen molar-refractivity contribution in [2.75, 3.05) is 0 Å². The van der Waals surface area contributed by atoms with E-state index in [4.69, 9.17) is 13.7 Å². The van der Waals surface area contributed by atoms with Crippen molar-refractivity contribution >= 4 is 10.5 Å². The summed E-state index contributed by atoms with van der Waals surface area (Å²) in [6, 6.07) is 11.2. The van der Waals surface area contributed by atoms with Crippen molar-refractivity contribution in [3.63, 3.8) is 0 Å². The van der Waals surface area contributed by atoms with Gasteiger partial charge in [0.2, 0.25) is 0 Å². The number of benzene rings is 1. The average Bonchev–Trinajstić information content (AvgIpc) is 2.20. The lowest BCUT2D eigenvalue weighted by atomic mass is 10.2. The molecule has 0 spiro atoms. The molecular weight excluding hydrogens is 190 g/mol. The van der Waals surface area contributed by atoms with Crippen LogP contribution in [0.3, 0.4) is 0 Å². The molecule has 0 bridgehead atoms. The molecule has 0 fully saturated rings. The van der Waals surface area contributed by atoms with Gasteiger partial charge in [0.05, 0.1) is 11.6 Å². The van der Waals surface area contributed by atoms with E-state index >= 15 is 0 Å². The Morgan fingerprint density at radius 1 is 1.31 bits per heavy atom. The smallest absolute Gasteiger partial charge is 0.212 e. The third-order valence-electron chi connectivity index (χ3n) is 0.989. The molecule has 0 aliphatic rings. The van der Waals surface area contributed by atoms with Gasteiger partial charge in [0.15, 0.2) is 0 Å². The topological polar surface area (TPSA) is 96.3 Å². The maximum atomic E-state index is 9.08. The Morgan fingerprint density at radius 2 is 1.77 bits per heavy atom. The van der Waals surface area contributed by atoms with Crippen molar-refractivity contribution in [2.45, 2.75) is 0 Å². The van der Waals surface area contributed by atoms with Gasteiger partial charge < -0.3 is 0 Å². The standard InChI is InChI=1S/C7H5N.H2N2O2S/c8-6-7-4-2-1-3-5-7;1-2-5(3)4/h1-5H;1H2. The van der Waals surface area contributed by atoms with Gasteiger partial charge in [-0.3, -0.25) is 0 Å². The highest BCUT2D eigenvalue weighted by Crippen LogP contribution is 1.92. The molecule has 0 aliphatic heterocycles. The zero-order chi connectivity index (χ0) is 10.1. The van der Waals surface area contributed by atoms with E-state index in [0.29, 0.717) is 5.56 Å². The lowest BCUT2D eigenvalue weighted by Gasteiger charge is -1.80. The first kappa shape index (κ1) is 11.3. The Bertz CT molecular complexity index is 397. The molecule has 68 valence electrons. The maximum Gasteiger partial charge on any atom is 0.327 e. The fraction of sp³-hybridized carbons (Fsp3) is 0. The fourth-order valence-electron chi connectivity index (χ4n) is 0.513. The summed E-state index contributed by atoms with van der Waals surface area (Å²) in [5.41, 5.74) is 0.715. The minimum absolute atomic E-state index is 0.715. The molecule has 1 aromatic rings. The van der Waals surface area contributed by atoms with E-state index < -0.39 is 10.5 Å². The number of nitriles is 1. The first-order valence-corrected chi connectivity index (χ1v) is 4.19. The molecule has 0 aromatic heterocycles. The van der Waals surface area contributed by atoms with E-state index in [1.165, 1.54) is 0 Å². The van der Waals surface area contributed by atoms with Gasteiger partial charge in [-0.25, -0.2) is 5.84 Å². The lowest BCUT2D eigenvalue weighted by Crippen LogP contribution is -1.73. The monoisotopic (exact) mass is 197 g/mol. The molecule has 2 N–H and O–H groups in total. The quantitative estimate of drug-likeness (QED) is 0.483. The van der Waals surface area contributed by atoms with Crippen LogP contribution in [0.5, 0.6) is 0 Å². The molecule has 0 radical (unpaired) electrons. The maximum absolute atomic E-state index is 9.08. The molecule has 0 aliphatic carbocycles. The normalized spacial score (nSPS) is 7.38. The lowest BCUT2D eigenvalue weighted by molar-refractivity contribution is 0.620. The van der Waals surface area contributed by atoms with Crippen molar-refractivity contribution in [3.05, 3.63) is 35.9 Å². The van der Waals surface area contributed by atoms with Crippen LogP contribution < -0.4 is 5.84 Å². The predicted octanol–water partition coefficient (Wildman–Crippen LogP) is 0.481. The highest BCUT2D eigenvalue weighted by Gasteiger charge is 1.79. The highest BCUT2D eigenvalue weighted by molar-refractivity contribution is 7.61. The van der Waals surface area contributed by atoms with Gasteiger partial charge in [0, 0.05) is 0 Å². The number of nitrogens with zero attached hydrogens (tertiary/aromatic N) is 2. The van der Waals surface area contributed by atoms with Crippen molar-refractivity contribution in [3.8, 4) is 6.07 Å². The minimum atomic E-state index is -2.42. The van der Waals surface area contributed by atoms with Gasteiger partial charge in [0.1, 0.15) is 0 Å². The van der Waals surface area contributed by atoms with Gasteiger partial charge in [-0.05, 0) is 12.1 Å². The molecule has 0 unspecified atom stereocenters. The summed E-state index contributed by atoms with van der Waals surface area (Å²) in [5, 5.41) is 8.29. The Morgan fingerprint density at radius 3 is 2.00 bits per heavy atom. The van der Waals surface area contributed by atoms with Gasteiger partial charge in [-0.2, -0.15) is 13.7 Å². The van der Waals surface area contributed by atoms with E-state index in [-0.39, 0.29) is 0 Å². The summed E-state index contributed by atoms with van der Waals surface area (Å²) in [6.45, 7) is 0. The van der Waals surface area contributed by atoms with Gasteiger partial charge in [-0.1, -0.05) is 22.7 Å². The van der Waals surface area contributed by atoms with Crippen molar-refractivity contribution in [1.29, 1.82) is 5.26 Å². The number of nitrogens with two attached hydrogens (primary N) is 1. The Labute approximate surface area is 77.1 Å². The second-order valence-electron chi connectivity index (χ2n) is 1.80. The first-order valence-electron chi connectivity index (χ1n) is 3.16. The van der Waals surface area contributed by atoms with Gasteiger partial charge >= 0.3 is 10.5 Å². The van der Waals surface area contributed by atoms with Crippen LogP contribution in [0.1, 0.15) is 5.56 Å². The predicted molar refractivity (Wildman–Crippen MR) is 46.7 cm³/mol. The largest absolute Gasteiger partial charge is 0.327 e. The summed E-state index contributed by atoms with van der Waals surface area (Å²) in [7, 11) is -2.42. The summed E-state index contributed by atoms with van der Waals surface area (Å²) in [5.74, 6) is 4.18. The second-order valence-corrected chi connectivity index (χ2v) is 2.45. The van der Waals surface area contributed by atoms with Crippen LogP contribution in [0.4, 0.5) is 0 Å². The minimum Gasteiger partial charge on any atom is -0.212 e. The van der Waals surface area contributed by atoms with Crippen LogP contribution in [0.2, 0.25) is 0 Å². The Balaban J connectivity index is 0.000000252. The zero-order valence-corrected chi connectivity index (χ0v) is 7.40. The average molecular weight is 197 g/mol. The van der Waals surface area contributed by atoms with Crippen LogP contribution >= 0.6 is 0 Å². The van der Waals surface area contributed by atoms with Crippen LogP contribution in [-0.4, -0.2) is 8.42 Å². The third-order valence-corrected chi connectivity index (χ3v) is 1.16. The van der Waals surface area contributed by atoms with E-state index in [1.807, 2.05) is 24.3 Å². The highest BCUT2D eigenvalue weighted by atomic mass is 32.2. The molecule has 0 heterocycles. The zero-order valence-electron chi connectivity index (χ0n) is 6.58. The molecule has 0 amide bonds. The summed E-state index contributed by atoms with van der Waals surface area (Å²) in [4.78, 5) is 0. The number of hydrogen-bond acceptors (Lipinski definition) is 4. The van der Waals surface area contributed by atoms with E-state index in [0.717, 1.165) is 0 Å². The summed E-state index contributed by atoms with van der Waals surface area (Å²) in [6.07, 6.45) is 0. The molecule has 0 saturated heterocycles. The van der Waals surface area contributed by atoms with Gasteiger partial charge in [0.25, 0.3) is 0 Å². The van der Waals surface area contributed by atoms with E-state index in [9.17, 15) is 0 Å². The molecular formula is C7H7N3O2S. The van der Waals surface area contributed by atoms with Crippen molar-refractivity contribution in [2.24, 2.45) is 10.3 Å². The molecule has 1 rings (SSSR count). The summed E-state index contributed by atoms with van der Waals surface area (Å²) < 4.78 is 20.5. The van der Waals surface area contributed by atoms with Gasteiger partial charge in [-0.15, -0.1) is 0 Å².